The fourth-order valence-corrected chi connectivity index (χ4v) is 3.01. The maximum atomic E-state index is 12.1. The minimum atomic E-state index is 0.267. The number of thioether (sulfide) groups is 1. The third kappa shape index (κ3) is 3.38. The molecule has 96 valence electrons. The van der Waals surface area contributed by atoms with E-state index in [0.29, 0.717) is 11.8 Å². The Morgan fingerprint density at radius 3 is 2.53 bits per heavy atom. The van der Waals surface area contributed by atoms with Crippen LogP contribution in [0.1, 0.15) is 55.0 Å². The van der Waals surface area contributed by atoms with Crippen LogP contribution in [0.4, 0.5) is 0 Å². The SMILES string of the molecule is CCCSCC(=O)c1cc(C)n(C(C)C)c1C. The average molecular weight is 253 g/mol. The highest BCUT2D eigenvalue weighted by atomic mass is 32.2. The van der Waals surface area contributed by atoms with E-state index in [1.165, 1.54) is 5.69 Å². The molecule has 1 rings (SSSR count). The van der Waals surface area contributed by atoms with E-state index < -0.39 is 0 Å². The molecular weight excluding hydrogens is 230 g/mol. The molecule has 0 bridgehead atoms. The van der Waals surface area contributed by atoms with Gasteiger partial charge in [-0.3, -0.25) is 4.79 Å². The van der Waals surface area contributed by atoms with E-state index in [2.05, 4.69) is 32.3 Å². The fourth-order valence-electron chi connectivity index (χ4n) is 2.24. The van der Waals surface area contributed by atoms with Crippen LogP contribution in [0.2, 0.25) is 0 Å². The van der Waals surface area contributed by atoms with Gasteiger partial charge in [0, 0.05) is 23.0 Å². The summed E-state index contributed by atoms with van der Waals surface area (Å²) >= 11 is 1.73. The lowest BCUT2D eigenvalue weighted by molar-refractivity contribution is 0.102. The topological polar surface area (TPSA) is 22.0 Å². The Bertz CT molecular complexity index is 393. The van der Waals surface area contributed by atoms with Gasteiger partial charge in [-0.15, -0.1) is 0 Å². The van der Waals surface area contributed by atoms with E-state index in [4.69, 9.17) is 0 Å². The van der Waals surface area contributed by atoms with E-state index >= 15 is 0 Å². The molecule has 0 aromatic carbocycles. The zero-order chi connectivity index (χ0) is 13.0. The molecule has 1 aromatic heterocycles. The summed E-state index contributed by atoms with van der Waals surface area (Å²) in [5.74, 6) is 1.94. The van der Waals surface area contributed by atoms with Gasteiger partial charge in [-0.1, -0.05) is 6.92 Å². The number of rotatable bonds is 6. The van der Waals surface area contributed by atoms with Gasteiger partial charge in [0.1, 0.15) is 0 Å². The van der Waals surface area contributed by atoms with E-state index in [-0.39, 0.29) is 5.78 Å². The first-order chi connectivity index (χ1) is 7.99. The maximum Gasteiger partial charge on any atom is 0.174 e. The number of carbonyl (C=O) groups excluding carboxylic acids is 1. The number of aryl methyl sites for hydroxylation is 1. The van der Waals surface area contributed by atoms with Gasteiger partial charge in [0.05, 0.1) is 5.75 Å². The van der Waals surface area contributed by atoms with Crippen LogP contribution in [0, 0.1) is 13.8 Å². The van der Waals surface area contributed by atoms with Crippen molar-refractivity contribution in [3.63, 3.8) is 0 Å². The van der Waals surface area contributed by atoms with Gasteiger partial charge in [0.15, 0.2) is 5.78 Å². The zero-order valence-corrected chi connectivity index (χ0v) is 12.4. The Morgan fingerprint density at radius 1 is 1.41 bits per heavy atom. The Labute approximate surface area is 109 Å². The van der Waals surface area contributed by atoms with Gasteiger partial charge >= 0.3 is 0 Å². The molecular formula is C14H23NOS. The summed E-state index contributed by atoms with van der Waals surface area (Å²) in [5, 5.41) is 0. The fraction of sp³-hybridized carbons (Fsp3) is 0.643. The Balaban J connectivity index is 2.84. The molecule has 0 aliphatic carbocycles. The van der Waals surface area contributed by atoms with Crippen molar-refractivity contribution >= 4 is 17.5 Å². The van der Waals surface area contributed by atoms with E-state index in [0.717, 1.165) is 23.4 Å². The first kappa shape index (κ1) is 14.4. The first-order valence-corrected chi connectivity index (χ1v) is 7.43. The lowest BCUT2D eigenvalue weighted by Crippen LogP contribution is -2.08. The van der Waals surface area contributed by atoms with Crippen molar-refractivity contribution in [2.24, 2.45) is 0 Å². The van der Waals surface area contributed by atoms with Crippen LogP contribution < -0.4 is 0 Å². The van der Waals surface area contributed by atoms with Crippen molar-refractivity contribution in [2.45, 2.75) is 47.1 Å². The Kier molecular flexibility index (Phi) is 5.31. The van der Waals surface area contributed by atoms with Crippen LogP contribution >= 0.6 is 11.8 Å². The van der Waals surface area contributed by atoms with Crippen LogP contribution in [-0.4, -0.2) is 21.9 Å². The highest BCUT2D eigenvalue weighted by molar-refractivity contribution is 7.99. The second kappa shape index (κ2) is 6.29. The molecule has 0 unspecified atom stereocenters. The number of hydrogen-bond donors (Lipinski definition) is 0. The Hall–Kier alpha value is -0.700. The predicted octanol–water partition coefficient (Wildman–Crippen LogP) is 4.01. The van der Waals surface area contributed by atoms with Crippen molar-refractivity contribution in [3.05, 3.63) is 23.0 Å². The van der Waals surface area contributed by atoms with Crippen molar-refractivity contribution in [2.75, 3.05) is 11.5 Å². The van der Waals surface area contributed by atoms with E-state index in [9.17, 15) is 4.79 Å². The minimum absolute atomic E-state index is 0.267. The van der Waals surface area contributed by atoms with E-state index in [1.807, 2.05) is 13.0 Å². The second-order valence-corrected chi connectivity index (χ2v) is 5.83. The highest BCUT2D eigenvalue weighted by Gasteiger charge is 2.16. The molecule has 0 atom stereocenters. The third-order valence-corrected chi connectivity index (χ3v) is 4.05. The number of Topliss-reactive ketones (excluding diaryl/α,β-unsaturated/α-hetero) is 1. The van der Waals surface area contributed by atoms with Crippen LogP contribution in [0.5, 0.6) is 0 Å². The maximum absolute atomic E-state index is 12.1. The number of carbonyl (C=O) groups is 1. The van der Waals surface area contributed by atoms with Crippen LogP contribution in [0.25, 0.3) is 0 Å². The largest absolute Gasteiger partial charge is 0.346 e. The summed E-state index contributed by atoms with van der Waals surface area (Å²) in [4.78, 5) is 12.1. The normalized spacial score (nSPS) is 11.2. The van der Waals surface area contributed by atoms with Crippen LogP contribution in [0.3, 0.4) is 0 Å². The number of nitrogens with zero attached hydrogens (tertiary/aromatic N) is 1. The summed E-state index contributed by atoms with van der Waals surface area (Å²) in [5.41, 5.74) is 3.20. The summed E-state index contributed by atoms with van der Waals surface area (Å²) in [6, 6.07) is 2.45. The molecule has 0 saturated heterocycles. The quantitative estimate of drug-likeness (QED) is 0.564. The molecule has 0 radical (unpaired) electrons. The molecule has 0 amide bonds. The molecule has 2 nitrogen and oxygen atoms in total. The van der Waals surface area contributed by atoms with Crippen LogP contribution in [-0.2, 0) is 0 Å². The second-order valence-electron chi connectivity index (χ2n) is 4.72. The standard InChI is InChI=1S/C14H23NOS/c1-6-7-17-9-14(16)13-8-11(4)15(10(2)3)12(13)5/h8,10H,6-7,9H2,1-5H3. The summed E-state index contributed by atoms with van der Waals surface area (Å²) in [6.45, 7) is 10.6. The monoisotopic (exact) mass is 253 g/mol. The molecule has 0 spiro atoms. The molecule has 0 aliphatic heterocycles. The van der Waals surface area contributed by atoms with Gasteiger partial charge in [0.25, 0.3) is 0 Å². The molecule has 17 heavy (non-hydrogen) atoms. The molecule has 1 aromatic rings. The number of hydrogen-bond acceptors (Lipinski definition) is 2. The van der Waals surface area contributed by atoms with Crippen molar-refractivity contribution in [3.8, 4) is 0 Å². The molecule has 0 fully saturated rings. The van der Waals surface area contributed by atoms with Gasteiger partial charge in [-0.05, 0) is 45.9 Å². The predicted molar refractivity (Wildman–Crippen MR) is 76.2 cm³/mol. The lowest BCUT2D eigenvalue weighted by atomic mass is 10.2. The summed E-state index contributed by atoms with van der Waals surface area (Å²) < 4.78 is 2.23. The van der Waals surface area contributed by atoms with Crippen molar-refractivity contribution in [1.82, 2.24) is 4.57 Å². The average Bonchev–Trinajstić information content (AvgIpc) is 2.54. The third-order valence-electron chi connectivity index (χ3n) is 2.88. The van der Waals surface area contributed by atoms with Crippen molar-refractivity contribution in [1.29, 1.82) is 0 Å². The highest BCUT2D eigenvalue weighted by Crippen LogP contribution is 2.21. The first-order valence-electron chi connectivity index (χ1n) is 6.28. The summed E-state index contributed by atoms with van der Waals surface area (Å²) in [6.07, 6.45) is 1.13. The number of aromatic nitrogens is 1. The molecule has 0 saturated carbocycles. The number of ketones is 1. The molecule has 1 heterocycles. The Morgan fingerprint density at radius 2 is 2.06 bits per heavy atom. The van der Waals surface area contributed by atoms with Crippen molar-refractivity contribution < 1.29 is 4.79 Å². The van der Waals surface area contributed by atoms with Gasteiger partial charge in [-0.25, -0.2) is 0 Å². The van der Waals surface area contributed by atoms with Gasteiger partial charge in [-0.2, -0.15) is 11.8 Å². The summed E-state index contributed by atoms with van der Waals surface area (Å²) in [7, 11) is 0. The lowest BCUT2D eigenvalue weighted by Gasteiger charge is -2.13. The van der Waals surface area contributed by atoms with Crippen LogP contribution in [0.15, 0.2) is 6.07 Å². The molecule has 3 heteroatoms. The molecule has 0 N–H and O–H groups in total. The van der Waals surface area contributed by atoms with Gasteiger partial charge in [0.2, 0.25) is 0 Å². The molecule has 0 aliphatic rings. The smallest absolute Gasteiger partial charge is 0.174 e. The van der Waals surface area contributed by atoms with E-state index in [1.54, 1.807) is 11.8 Å². The van der Waals surface area contributed by atoms with Gasteiger partial charge < -0.3 is 4.57 Å². The zero-order valence-electron chi connectivity index (χ0n) is 11.5. The minimum Gasteiger partial charge on any atom is -0.346 e.